The van der Waals surface area contributed by atoms with E-state index in [0.717, 1.165) is 25.0 Å². The van der Waals surface area contributed by atoms with Gasteiger partial charge in [-0.2, -0.15) is 19.2 Å². The van der Waals surface area contributed by atoms with Gasteiger partial charge in [-0.05, 0) is 53.2 Å². The van der Waals surface area contributed by atoms with Crippen molar-refractivity contribution in [3.8, 4) is 0 Å². The third-order valence-corrected chi connectivity index (χ3v) is 4.57. The number of ether oxygens (including phenoxy) is 6. The molecule has 3 fully saturated rings. The Balaban J connectivity index is 0.000000258. The molecule has 0 bridgehead atoms. The molecular formula is C22H32O10. The van der Waals surface area contributed by atoms with E-state index in [1.165, 1.54) is 0 Å². The third kappa shape index (κ3) is 8.76. The van der Waals surface area contributed by atoms with E-state index in [2.05, 4.69) is 6.92 Å². The molecule has 4 aliphatic heterocycles. The van der Waals surface area contributed by atoms with Gasteiger partial charge in [0.15, 0.2) is 17.9 Å². The third-order valence-electron chi connectivity index (χ3n) is 4.57. The normalized spacial score (nSPS) is 32.3. The average Bonchev–Trinajstić information content (AvgIpc) is 3.33. The Morgan fingerprint density at radius 3 is 2.03 bits per heavy atom. The molecule has 10 heteroatoms. The highest BCUT2D eigenvalue weighted by Crippen LogP contribution is 2.38. The van der Waals surface area contributed by atoms with Crippen LogP contribution in [0.3, 0.4) is 0 Å². The summed E-state index contributed by atoms with van der Waals surface area (Å²) in [6, 6.07) is 0. The van der Waals surface area contributed by atoms with Crippen molar-refractivity contribution in [3.63, 3.8) is 0 Å². The van der Waals surface area contributed by atoms with Crippen LogP contribution in [0.15, 0.2) is 24.0 Å². The number of rotatable bonds is 3. The van der Waals surface area contributed by atoms with Gasteiger partial charge in [-0.1, -0.05) is 19.4 Å². The van der Waals surface area contributed by atoms with Crippen molar-refractivity contribution in [2.45, 2.75) is 103 Å². The molecule has 0 spiro atoms. The number of carbonyl (C=O) groups excluding carboxylic acids is 4. The predicted molar refractivity (Wildman–Crippen MR) is 106 cm³/mol. The minimum atomic E-state index is -0.521. The molecule has 4 heterocycles. The van der Waals surface area contributed by atoms with Gasteiger partial charge in [0.1, 0.15) is 18.0 Å². The maximum atomic E-state index is 8.12. The van der Waals surface area contributed by atoms with Crippen molar-refractivity contribution in [2.75, 3.05) is 0 Å². The Kier molecular flexibility index (Phi) is 11.1. The molecule has 0 amide bonds. The quantitative estimate of drug-likeness (QED) is 0.626. The van der Waals surface area contributed by atoms with E-state index in [0.29, 0.717) is 6.10 Å². The number of hydrogen-bond acceptors (Lipinski definition) is 10. The lowest BCUT2D eigenvalue weighted by molar-refractivity contribution is -0.205. The Hall–Kier alpha value is -2.16. The van der Waals surface area contributed by atoms with Crippen LogP contribution in [0.1, 0.15) is 60.8 Å². The Bertz CT molecular complexity index is 686. The highest BCUT2D eigenvalue weighted by molar-refractivity contribution is 5.20. The Morgan fingerprint density at radius 2 is 1.53 bits per heavy atom. The molecule has 4 aliphatic rings. The molecule has 0 radical (unpaired) electrons. The molecular weight excluding hydrogens is 424 g/mol. The Morgan fingerprint density at radius 1 is 0.969 bits per heavy atom. The minimum absolute atomic E-state index is 0.0544. The van der Waals surface area contributed by atoms with E-state index < -0.39 is 11.6 Å². The smallest absolute Gasteiger partial charge is 0.373 e. The largest absolute Gasteiger partial charge is 0.462 e. The summed E-state index contributed by atoms with van der Waals surface area (Å²) in [7, 11) is 0. The molecule has 180 valence electrons. The fourth-order valence-corrected chi connectivity index (χ4v) is 3.65. The Labute approximate surface area is 187 Å². The van der Waals surface area contributed by atoms with Crippen molar-refractivity contribution in [3.05, 3.63) is 24.0 Å². The number of hydrogen-bond donors (Lipinski definition) is 0. The summed E-state index contributed by atoms with van der Waals surface area (Å²) in [5.41, 5.74) is 0. The van der Waals surface area contributed by atoms with Gasteiger partial charge in [-0.15, -0.1) is 0 Å². The van der Waals surface area contributed by atoms with Crippen molar-refractivity contribution < 1.29 is 47.6 Å². The van der Waals surface area contributed by atoms with Crippen LogP contribution in [-0.4, -0.2) is 54.8 Å². The minimum Gasteiger partial charge on any atom is -0.462 e. The molecule has 0 aromatic rings. The van der Waals surface area contributed by atoms with Crippen molar-refractivity contribution in [2.24, 2.45) is 0 Å². The highest BCUT2D eigenvalue weighted by atomic mass is 16.8. The first-order valence-electron chi connectivity index (χ1n) is 10.4. The van der Waals surface area contributed by atoms with Crippen LogP contribution in [0.2, 0.25) is 0 Å². The maximum Gasteiger partial charge on any atom is 0.373 e. The van der Waals surface area contributed by atoms with Gasteiger partial charge in [0, 0.05) is 6.42 Å². The summed E-state index contributed by atoms with van der Waals surface area (Å²) in [5.74, 6) is -0.146. The predicted octanol–water partition coefficient (Wildman–Crippen LogP) is 2.84. The second-order valence-electron chi connectivity index (χ2n) is 8.15. The van der Waals surface area contributed by atoms with E-state index in [9.17, 15) is 0 Å². The first-order chi connectivity index (χ1) is 15.0. The zero-order valence-corrected chi connectivity index (χ0v) is 19.3. The van der Waals surface area contributed by atoms with Gasteiger partial charge < -0.3 is 28.4 Å². The summed E-state index contributed by atoms with van der Waals surface area (Å²) in [6.45, 7) is 11.8. The summed E-state index contributed by atoms with van der Waals surface area (Å²) in [5, 5.41) is 0. The van der Waals surface area contributed by atoms with Crippen LogP contribution in [0, 0.1) is 0 Å². The first kappa shape index (κ1) is 27.9. The maximum absolute atomic E-state index is 8.12. The molecule has 10 nitrogen and oxygen atoms in total. The second kappa shape index (κ2) is 12.8. The van der Waals surface area contributed by atoms with E-state index >= 15 is 0 Å². The van der Waals surface area contributed by atoms with Gasteiger partial charge in [0.25, 0.3) is 0 Å². The highest BCUT2D eigenvalue weighted by Gasteiger charge is 2.48. The second-order valence-corrected chi connectivity index (χ2v) is 8.15. The first-order valence-corrected chi connectivity index (χ1v) is 10.4. The molecule has 0 aromatic carbocycles. The zero-order chi connectivity index (χ0) is 24.4. The van der Waals surface area contributed by atoms with Gasteiger partial charge in [0.05, 0.1) is 6.10 Å². The summed E-state index contributed by atoms with van der Waals surface area (Å²) >= 11 is 0. The molecule has 0 aliphatic carbocycles. The van der Waals surface area contributed by atoms with Crippen LogP contribution < -0.4 is 0 Å². The van der Waals surface area contributed by atoms with Crippen molar-refractivity contribution in [1.29, 1.82) is 0 Å². The van der Waals surface area contributed by atoms with Crippen LogP contribution in [0.5, 0.6) is 0 Å². The van der Waals surface area contributed by atoms with Crippen LogP contribution in [0.25, 0.3) is 0 Å². The summed E-state index contributed by atoms with van der Waals surface area (Å²) in [6.07, 6.45) is 9.60. The fraction of sp³-hybridized carbons (Fsp3) is 0.727. The average molecular weight is 456 g/mol. The molecule has 0 unspecified atom stereocenters. The molecule has 32 heavy (non-hydrogen) atoms. The van der Waals surface area contributed by atoms with Crippen LogP contribution in [-0.2, 0) is 47.6 Å². The van der Waals surface area contributed by atoms with E-state index in [1.54, 1.807) is 0 Å². The van der Waals surface area contributed by atoms with Crippen LogP contribution in [0.4, 0.5) is 0 Å². The molecule has 0 N–H and O–H groups in total. The van der Waals surface area contributed by atoms with Crippen molar-refractivity contribution >= 4 is 12.3 Å². The molecule has 5 atom stereocenters. The van der Waals surface area contributed by atoms with Gasteiger partial charge in [0.2, 0.25) is 6.29 Å². The van der Waals surface area contributed by atoms with Gasteiger partial charge >= 0.3 is 12.3 Å². The fourth-order valence-electron chi connectivity index (χ4n) is 3.65. The molecule has 0 aromatic heterocycles. The summed E-state index contributed by atoms with van der Waals surface area (Å²) < 4.78 is 33.6. The zero-order valence-electron chi connectivity index (χ0n) is 19.3. The number of fused-ring (bicyclic) bond motifs is 2. The summed E-state index contributed by atoms with van der Waals surface area (Å²) in [4.78, 5) is 32.5. The number of allylic oxidation sites excluding steroid dienone is 2. The lowest BCUT2D eigenvalue weighted by Gasteiger charge is -2.20. The van der Waals surface area contributed by atoms with Crippen molar-refractivity contribution in [1.82, 2.24) is 0 Å². The SMILES string of the molecule is C/C=C/C1=C[C@H]2OC(C)(C)O[C@H]2O1.CCC[C@H]1C[C@H]2OC(C)(C)O[C@H]2O1.O=C=O.O=C=O. The molecule has 4 rings (SSSR count). The van der Waals surface area contributed by atoms with Gasteiger partial charge in [-0.25, -0.2) is 0 Å². The van der Waals surface area contributed by atoms with Gasteiger partial charge in [-0.3, -0.25) is 0 Å². The standard InChI is InChI=1S/C10H18O3.C10H14O3.2CO2/c2*1-4-5-7-6-8-9(11-7)13-10(2,3)12-8;2*2-1-3/h7-9H,4-6H2,1-3H3;4-6,8-9H,1-3H3;;/b;5-4+;;/t7-,8+,9+;8-,9-;;/m01../s1. The lowest BCUT2D eigenvalue weighted by Crippen LogP contribution is -2.24. The van der Waals surface area contributed by atoms with Crippen LogP contribution >= 0.6 is 0 Å². The van der Waals surface area contributed by atoms with E-state index in [-0.39, 0.29) is 37.1 Å². The molecule has 0 saturated carbocycles. The topological polar surface area (TPSA) is 124 Å². The van der Waals surface area contributed by atoms with E-state index in [4.69, 9.17) is 47.6 Å². The monoisotopic (exact) mass is 456 g/mol. The van der Waals surface area contributed by atoms with E-state index in [1.807, 2.05) is 52.8 Å². The molecule has 3 saturated heterocycles. The lowest BCUT2D eigenvalue weighted by atomic mass is 10.1.